The molecule has 1 aromatic rings. The summed E-state index contributed by atoms with van der Waals surface area (Å²) < 4.78 is 24.0. The molecule has 4 nitrogen and oxygen atoms in total. The SMILES string of the molecule is C=C1C[C@H](C[C@@H]2CCO[C@H](c3cccc(CCl)c3)O2)O[C@@H](CCOBPS)C1. The third-order valence-corrected chi connectivity index (χ3v) is 6.13. The molecule has 3 rings (SSSR count). The summed E-state index contributed by atoms with van der Waals surface area (Å²) in [6, 6.07) is 8.10. The Morgan fingerprint density at radius 3 is 2.93 bits per heavy atom. The predicted octanol–water partition coefficient (Wildman–Crippen LogP) is 4.92. The van der Waals surface area contributed by atoms with E-state index in [9.17, 15) is 0 Å². The number of rotatable bonds is 9. The normalized spacial score (nSPS) is 28.7. The molecule has 2 heterocycles. The van der Waals surface area contributed by atoms with E-state index >= 15 is 0 Å². The summed E-state index contributed by atoms with van der Waals surface area (Å²) >= 11 is 10.2. The quantitative estimate of drug-likeness (QED) is 0.147. The van der Waals surface area contributed by atoms with E-state index < -0.39 is 0 Å². The van der Waals surface area contributed by atoms with Gasteiger partial charge in [0.15, 0.2) is 6.29 Å². The third kappa shape index (κ3) is 7.02. The van der Waals surface area contributed by atoms with E-state index in [1.54, 1.807) is 0 Å². The standard InChI is InChI=1S/C20H29BClO4PS/c1-14-9-17(6-8-24-21-27-28)25-19(10-14)12-18-5-7-23-20(26-18)16-4-2-3-15(11-16)13-22/h2-4,11,17-21,27-28H,1,5-10,12-13H2/t17-,18-,19+,20-/m0/s1. The van der Waals surface area contributed by atoms with Gasteiger partial charge in [-0.05, 0) is 37.3 Å². The monoisotopic (exact) mass is 442 g/mol. The van der Waals surface area contributed by atoms with Crippen LogP contribution in [0.5, 0.6) is 0 Å². The first kappa shape index (κ1) is 22.6. The van der Waals surface area contributed by atoms with Crippen LogP contribution in [0.15, 0.2) is 36.4 Å². The van der Waals surface area contributed by atoms with Crippen molar-refractivity contribution in [3.8, 4) is 0 Å². The molecular formula is C20H29BClO4PS. The zero-order chi connectivity index (χ0) is 19.8. The van der Waals surface area contributed by atoms with Crippen molar-refractivity contribution in [1.82, 2.24) is 0 Å². The number of alkyl halides is 1. The fourth-order valence-corrected chi connectivity index (χ4v) is 4.47. The lowest BCUT2D eigenvalue weighted by Crippen LogP contribution is -2.35. The van der Waals surface area contributed by atoms with Crippen LogP contribution in [-0.4, -0.2) is 38.7 Å². The van der Waals surface area contributed by atoms with E-state index in [1.165, 1.54) is 5.57 Å². The topological polar surface area (TPSA) is 36.9 Å². The predicted molar refractivity (Wildman–Crippen MR) is 121 cm³/mol. The number of ether oxygens (including phenoxy) is 3. The van der Waals surface area contributed by atoms with Gasteiger partial charge >= 0.3 is 7.20 Å². The molecular weight excluding hydrogens is 414 g/mol. The highest BCUT2D eigenvalue weighted by Gasteiger charge is 2.31. The maximum absolute atomic E-state index is 6.32. The molecule has 0 aromatic heterocycles. The number of thiol groups is 1. The smallest absolute Gasteiger partial charge is 0.310 e. The molecule has 0 amide bonds. The minimum atomic E-state index is -0.333. The molecule has 1 aromatic carbocycles. The van der Waals surface area contributed by atoms with E-state index in [1.807, 2.05) is 18.2 Å². The van der Waals surface area contributed by atoms with Crippen molar-refractivity contribution in [2.24, 2.45) is 0 Å². The Hall–Kier alpha value is -0.0651. The van der Waals surface area contributed by atoms with Crippen molar-refractivity contribution < 1.29 is 18.9 Å². The highest BCUT2D eigenvalue weighted by molar-refractivity contribution is 8.46. The Labute approximate surface area is 180 Å². The van der Waals surface area contributed by atoms with E-state index in [-0.39, 0.29) is 24.6 Å². The van der Waals surface area contributed by atoms with Crippen LogP contribution in [-0.2, 0) is 24.7 Å². The van der Waals surface area contributed by atoms with E-state index in [0.29, 0.717) is 34.0 Å². The summed E-state index contributed by atoms with van der Waals surface area (Å²) in [5, 5.41) is 0. The number of hydrogen-bond acceptors (Lipinski definition) is 5. The molecule has 2 aliphatic heterocycles. The van der Waals surface area contributed by atoms with Gasteiger partial charge in [-0.3, -0.25) is 0 Å². The van der Waals surface area contributed by atoms with Gasteiger partial charge in [0.05, 0.1) is 24.9 Å². The van der Waals surface area contributed by atoms with Gasteiger partial charge in [-0.1, -0.05) is 38.0 Å². The average molecular weight is 443 g/mol. The minimum Gasteiger partial charge on any atom is -0.434 e. The second-order valence-corrected chi connectivity index (χ2v) is 9.22. The summed E-state index contributed by atoms with van der Waals surface area (Å²) in [6.45, 7) is 5.63. The van der Waals surface area contributed by atoms with Gasteiger partial charge in [0.1, 0.15) is 0 Å². The lowest BCUT2D eigenvalue weighted by atomic mass is 9.94. The van der Waals surface area contributed by atoms with Gasteiger partial charge in [-0.15, -0.1) is 11.6 Å². The van der Waals surface area contributed by atoms with Crippen molar-refractivity contribution in [3.63, 3.8) is 0 Å². The fraction of sp³-hybridized carbons (Fsp3) is 0.600. The molecule has 1 unspecified atom stereocenters. The molecule has 154 valence electrons. The van der Waals surface area contributed by atoms with Crippen LogP contribution in [0.1, 0.15) is 49.5 Å². The Bertz CT molecular complexity index is 638. The summed E-state index contributed by atoms with van der Waals surface area (Å²) in [6.07, 6.45) is 4.60. The Morgan fingerprint density at radius 2 is 2.11 bits per heavy atom. The third-order valence-electron chi connectivity index (χ3n) is 5.10. The van der Waals surface area contributed by atoms with Gasteiger partial charge in [-0.25, -0.2) is 0 Å². The fourth-order valence-electron chi connectivity index (χ4n) is 3.79. The van der Waals surface area contributed by atoms with Crippen LogP contribution in [0.3, 0.4) is 0 Å². The first-order chi connectivity index (χ1) is 13.7. The van der Waals surface area contributed by atoms with Crippen molar-refractivity contribution in [3.05, 3.63) is 47.5 Å². The molecule has 0 saturated carbocycles. The van der Waals surface area contributed by atoms with Gasteiger partial charge in [0.2, 0.25) is 0 Å². The van der Waals surface area contributed by atoms with Crippen LogP contribution in [0.25, 0.3) is 0 Å². The maximum atomic E-state index is 6.32. The van der Waals surface area contributed by atoms with Crippen LogP contribution >= 0.6 is 31.5 Å². The van der Waals surface area contributed by atoms with Crippen LogP contribution in [0.4, 0.5) is 0 Å². The second-order valence-electron chi connectivity index (χ2n) is 7.40. The Kier molecular flexibility index (Phi) is 9.65. The molecule has 0 bridgehead atoms. The van der Waals surface area contributed by atoms with Gasteiger partial charge < -0.3 is 18.9 Å². The first-order valence-electron chi connectivity index (χ1n) is 9.86. The highest BCUT2D eigenvalue weighted by Crippen LogP contribution is 2.33. The second kappa shape index (κ2) is 12.0. The molecule has 0 aliphatic carbocycles. The van der Waals surface area contributed by atoms with Crippen molar-refractivity contribution in [2.45, 2.75) is 62.6 Å². The minimum absolute atomic E-state index is 0.122. The van der Waals surface area contributed by atoms with Crippen molar-refractivity contribution >= 4 is 38.7 Å². The number of halogens is 1. The maximum Gasteiger partial charge on any atom is 0.310 e. The van der Waals surface area contributed by atoms with E-state index in [4.69, 9.17) is 30.5 Å². The van der Waals surface area contributed by atoms with Crippen molar-refractivity contribution in [2.75, 3.05) is 13.2 Å². The lowest BCUT2D eigenvalue weighted by Gasteiger charge is -2.36. The van der Waals surface area contributed by atoms with Gasteiger partial charge in [0, 0.05) is 24.5 Å². The zero-order valence-electron chi connectivity index (χ0n) is 16.1. The van der Waals surface area contributed by atoms with E-state index in [0.717, 1.165) is 43.2 Å². The Morgan fingerprint density at radius 1 is 1.25 bits per heavy atom. The lowest BCUT2D eigenvalue weighted by molar-refractivity contribution is -0.225. The van der Waals surface area contributed by atoms with Crippen molar-refractivity contribution in [1.29, 1.82) is 0 Å². The summed E-state index contributed by atoms with van der Waals surface area (Å²) in [4.78, 5) is 0. The van der Waals surface area contributed by atoms with Gasteiger partial charge in [0.25, 0.3) is 0 Å². The molecule has 2 fully saturated rings. The molecule has 2 saturated heterocycles. The van der Waals surface area contributed by atoms with Crippen LogP contribution in [0, 0.1) is 0 Å². The summed E-state index contributed by atoms with van der Waals surface area (Å²) in [5.41, 5.74) is 3.36. The Balaban J connectivity index is 1.51. The highest BCUT2D eigenvalue weighted by atomic mass is 35.5. The first-order valence-corrected chi connectivity index (χ1v) is 12.9. The molecule has 28 heavy (non-hydrogen) atoms. The molecule has 8 heteroatoms. The van der Waals surface area contributed by atoms with Crippen LogP contribution in [0.2, 0.25) is 0 Å². The molecule has 0 spiro atoms. The molecule has 0 N–H and O–H groups in total. The van der Waals surface area contributed by atoms with Gasteiger partial charge in [-0.2, -0.15) is 12.2 Å². The van der Waals surface area contributed by atoms with E-state index in [2.05, 4.69) is 24.9 Å². The zero-order valence-corrected chi connectivity index (χ0v) is 18.8. The molecule has 0 radical (unpaired) electrons. The molecule has 5 atom stereocenters. The largest absolute Gasteiger partial charge is 0.434 e. The summed E-state index contributed by atoms with van der Waals surface area (Å²) in [5.74, 6) is 0.488. The summed E-state index contributed by atoms with van der Waals surface area (Å²) in [7, 11) is 1.24. The average Bonchev–Trinajstić information content (AvgIpc) is 2.71. The molecule has 2 aliphatic rings. The number of hydrogen-bond donors (Lipinski definition) is 1. The number of benzene rings is 1. The van der Waals surface area contributed by atoms with Crippen LogP contribution < -0.4 is 0 Å².